The van der Waals surface area contributed by atoms with E-state index in [9.17, 15) is 18.0 Å². The van der Waals surface area contributed by atoms with Crippen molar-refractivity contribution >= 4 is 40.9 Å². The van der Waals surface area contributed by atoms with Crippen molar-refractivity contribution in [2.45, 2.75) is 30.5 Å². The normalized spacial score (nSPS) is 16.0. The standard InChI is InChI=1S/C13H9Cl2F3N2OS/c14-8-2-1-7(9(15)10(8)22-6-19)5-20-11(21)12(3-4-12)13(16,17)18/h1-2H,3-5H2,(H,20,21). The highest BCUT2D eigenvalue weighted by Gasteiger charge is 2.68. The molecule has 1 aromatic rings. The van der Waals surface area contributed by atoms with Crippen LogP contribution >= 0.6 is 35.0 Å². The lowest BCUT2D eigenvalue weighted by atomic mass is 10.1. The molecule has 1 aliphatic rings. The lowest BCUT2D eigenvalue weighted by molar-refractivity contribution is -0.192. The molecule has 0 spiro atoms. The molecule has 0 unspecified atom stereocenters. The van der Waals surface area contributed by atoms with Crippen LogP contribution in [0.5, 0.6) is 0 Å². The van der Waals surface area contributed by atoms with Crippen molar-refractivity contribution in [1.29, 1.82) is 5.26 Å². The average molecular weight is 369 g/mol. The summed E-state index contributed by atoms with van der Waals surface area (Å²) in [7, 11) is 0. The Morgan fingerprint density at radius 3 is 2.55 bits per heavy atom. The maximum absolute atomic E-state index is 12.8. The van der Waals surface area contributed by atoms with Gasteiger partial charge in [-0.05, 0) is 36.2 Å². The Morgan fingerprint density at radius 1 is 1.41 bits per heavy atom. The van der Waals surface area contributed by atoms with E-state index in [2.05, 4.69) is 5.32 Å². The molecular formula is C13H9Cl2F3N2OS. The van der Waals surface area contributed by atoms with E-state index in [0.29, 0.717) is 10.5 Å². The number of rotatable bonds is 4. The molecule has 118 valence electrons. The Morgan fingerprint density at radius 2 is 2.05 bits per heavy atom. The van der Waals surface area contributed by atoms with Crippen LogP contribution in [0.4, 0.5) is 13.2 Å². The van der Waals surface area contributed by atoms with Crippen molar-refractivity contribution < 1.29 is 18.0 Å². The van der Waals surface area contributed by atoms with Gasteiger partial charge >= 0.3 is 6.18 Å². The number of nitrogens with zero attached hydrogens (tertiary/aromatic N) is 1. The lowest BCUT2D eigenvalue weighted by Gasteiger charge is -2.19. The molecule has 2 rings (SSSR count). The second kappa shape index (κ2) is 6.19. The molecule has 1 fully saturated rings. The lowest BCUT2D eigenvalue weighted by Crippen LogP contribution is -2.40. The zero-order chi connectivity index (χ0) is 16.5. The quantitative estimate of drug-likeness (QED) is 0.627. The first kappa shape index (κ1) is 17.3. The smallest absolute Gasteiger partial charge is 0.351 e. The van der Waals surface area contributed by atoms with Crippen LogP contribution in [-0.2, 0) is 11.3 Å². The van der Waals surface area contributed by atoms with E-state index >= 15 is 0 Å². The number of alkyl halides is 3. The first-order valence-corrected chi connectivity index (χ1v) is 7.68. The Labute approximate surface area is 138 Å². The maximum Gasteiger partial charge on any atom is 0.403 e. The van der Waals surface area contributed by atoms with Gasteiger partial charge < -0.3 is 5.32 Å². The van der Waals surface area contributed by atoms with Crippen LogP contribution in [0.1, 0.15) is 18.4 Å². The highest BCUT2D eigenvalue weighted by molar-refractivity contribution is 8.04. The molecular weight excluding hydrogens is 360 g/mol. The molecule has 1 amide bonds. The molecule has 22 heavy (non-hydrogen) atoms. The van der Waals surface area contributed by atoms with Crippen LogP contribution in [0.2, 0.25) is 10.0 Å². The van der Waals surface area contributed by atoms with E-state index in [0.717, 1.165) is 11.8 Å². The van der Waals surface area contributed by atoms with E-state index in [1.165, 1.54) is 12.1 Å². The molecule has 0 saturated heterocycles. The van der Waals surface area contributed by atoms with E-state index < -0.39 is 17.5 Å². The number of thioether (sulfide) groups is 1. The van der Waals surface area contributed by atoms with Gasteiger partial charge in [-0.25, -0.2) is 0 Å². The van der Waals surface area contributed by atoms with Gasteiger partial charge in [0, 0.05) is 6.54 Å². The number of hydrogen-bond donors (Lipinski definition) is 1. The summed E-state index contributed by atoms with van der Waals surface area (Å²) < 4.78 is 38.5. The van der Waals surface area contributed by atoms with Crippen LogP contribution in [-0.4, -0.2) is 12.1 Å². The topological polar surface area (TPSA) is 52.9 Å². The number of nitriles is 1. The van der Waals surface area contributed by atoms with Gasteiger partial charge in [0.2, 0.25) is 5.91 Å². The molecule has 1 aliphatic carbocycles. The van der Waals surface area contributed by atoms with E-state index in [1.54, 1.807) is 0 Å². The molecule has 3 nitrogen and oxygen atoms in total. The van der Waals surface area contributed by atoms with Crippen LogP contribution in [0.25, 0.3) is 0 Å². The Kier molecular flexibility index (Phi) is 4.85. The largest absolute Gasteiger partial charge is 0.403 e. The van der Waals surface area contributed by atoms with Crippen LogP contribution in [0.15, 0.2) is 17.0 Å². The van der Waals surface area contributed by atoms with Crippen molar-refractivity contribution in [2.24, 2.45) is 5.41 Å². The van der Waals surface area contributed by atoms with E-state index in [1.807, 2.05) is 5.40 Å². The minimum atomic E-state index is -4.55. The molecule has 1 N–H and O–H groups in total. The van der Waals surface area contributed by atoms with Gasteiger partial charge in [-0.1, -0.05) is 29.3 Å². The predicted molar refractivity (Wildman–Crippen MR) is 77.5 cm³/mol. The summed E-state index contributed by atoms with van der Waals surface area (Å²) in [5.41, 5.74) is -1.87. The summed E-state index contributed by atoms with van der Waals surface area (Å²) >= 11 is 12.7. The van der Waals surface area contributed by atoms with Crippen LogP contribution in [0, 0.1) is 16.1 Å². The molecule has 0 aliphatic heterocycles. The summed E-state index contributed by atoms with van der Waals surface area (Å²) in [6, 6.07) is 2.98. The third-order valence-electron chi connectivity index (χ3n) is 3.44. The fourth-order valence-electron chi connectivity index (χ4n) is 1.96. The Balaban J connectivity index is 2.12. The molecule has 0 bridgehead atoms. The number of amides is 1. The highest BCUT2D eigenvalue weighted by Crippen LogP contribution is 2.57. The van der Waals surface area contributed by atoms with Gasteiger partial charge in [-0.3, -0.25) is 4.79 Å². The third-order valence-corrected chi connectivity index (χ3v) is 5.13. The second-order valence-electron chi connectivity index (χ2n) is 4.81. The Bertz CT molecular complexity index is 654. The number of nitrogens with one attached hydrogen (secondary N) is 1. The van der Waals surface area contributed by atoms with Gasteiger partial charge in [0.15, 0.2) is 0 Å². The van der Waals surface area contributed by atoms with Crippen molar-refractivity contribution in [2.75, 3.05) is 0 Å². The predicted octanol–water partition coefficient (Wildman–Crippen LogP) is 4.53. The van der Waals surface area contributed by atoms with Gasteiger partial charge in [0.05, 0.1) is 14.9 Å². The zero-order valence-corrected chi connectivity index (χ0v) is 13.3. The zero-order valence-electron chi connectivity index (χ0n) is 10.9. The van der Waals surface area contributed by atoms with Gasteiger partial charge in [-0.2, -0.15) is 18.4 Å². The van der Waals surface area contributed by atoms with E-state index in [-0.39, 0.29) is 29.4 Å². The third kappa shape index (κ3) is 3.14. The summed E-state index contributed by atoms with van der Waals surface area (Å²) in [4.78, 5) is 12.1. The van der Waals surface area contributed by atoms with Crippen molar-refractivity contribution in [3.05, 3.63) is 27.7 Å². The summed E-state index contributed by atoms with van der Waals surface area (Å²) in [5, 5.41) is 13.2. The minimum Gasteiger partial charge on any atom is -0.351 e. The van der Waals surface area contributed by atoms with Crippen LogP contribution < -0.4 is 5.32 Å². The summed E-state index contributed by atoms with van der Waals surface area (Å²) in [6.45, 7) is -0.161. The summed E-state index contributed by atoms with van der Waals surface area (Å²) in [5.74, 6) is -1.06. The Hall–Kier alpha value is -1.10. The van der Waals surface area contributed by atoms with E-state index in [4.69, 9.17) is 28.5 Å². The molecule has 0 aromatic heterocycles. The molecule has 0 atom stereocenters. The van der Waals surface area contributed by atoms with Crippen molar-refractivity contribution in [3.63, 3.8) is 0 Å². The van der Waals surface area contributed by atoms with Gasteiger partial charge in [0.25, 0.3) is 0 Å². The first-order valence-electron chi connectivity index (χ1n) is 6.11. The number of carbonyl (C=O) groups is 1. The molecule has 1 aromatic carbocycles. The number of halogens is 5. The molecule has 0 radical (unpaired) electrons. The fourth-order valence-corrected chi connectivity index (χ4v) is 3.10. The van der Waals surface area contributed by atoms with Gasteiger partial charge in [0.1, 0.15) is 10.8 Å². The molecule has 0 heterocycles. The molecule has 9 heteroatoms. The fraction of sp³-hybridized carbons (Fsp3) is 0.385. The average Bonchev–Trinajstić information content (AvgIpc) is 3.23. The molecule has 1 saturated carbocycles. The maximum atomic E-state index is 12.8. The first-order chi connectivity index (χ1) is 10.2. The number of benzene rings is 1. The SMILES string of the molecule is N#CSc1c(Cl)ccc(CNC(=O)C2(C(F)(F)F)CC2)c1Cl. The summed E-state index contributed by atoms with van der Waals surface area (Å²) in [6.07, 6.45) is -4.96. The highest BCUT2D eigenvalue weighted by atomic mass is 35.5. The number of hydrogen-bond acceptors (Lipinski definition) is 3. The van der Waals surface area contributed by atoms with Crippen LogP contribution in [0.3, 0.4) is 0 Å². The van der Waals surface area contributed by atoms with Gasteiger partial charge in [-0.15, -0.1) is 0 Å². The van der Waals surface area contributed by atoms with Crippen molar-refractivity contribution in [1.82, 2.24) is 5.32 Å². The monoisotopic (exact) mass is 368 g/mol. The second-order valence-corrected chi connectivity index (χ2v) is 6.39. The number of thiocyanates is 1. The minimum absolute atomic E-state index is 0.149. The van der Waals surface area contributed by atoms with Crippen molar-refractivity contribution in [3.8, 4) is 5.40 Å². The number of carbonyl (C=O) groups excluding carboxylic acids is 1.